The van der Waals surface area contributed by atoms with Crippen molar-refractivity contribution in [2.75, 3.05) is 23.9 Å². The van der Waals surface area contributed by atoms with E-state index < -0.39 is 0 Å². The lowest BCUT2D eigenvalue weighted by molar-refractivity contribution is -0.120. The van der Waals surface area contributed by atoms with Gasteiger partial charge in [-0.05, 0) is 35.7 Å². The van der Waals surface area contributed by atoms with Crippen LogP contribution in [0.2, 0.25) is 0 Å². The monoisotopic (exact) mass is 340 g/mol. The SMILES string of the molecule is COc1ccccc1NC(=O)CN(C(C)=O)c1ccc(C(C)C)cc1. The molecule has 2 rings (SSSR count). The fourth-order valence-corrected chi connectivity index (χ4v) is 2.50. The van der Waals surface area contributed by atoms with Gasteiger partial charge in [-0.3, -0.25) is 9.59 Å². The molecule has 0 saturated carbocycles. The highest BCUT2D eigenvalue weighted by atomic mass is 16.5. The summed E-state index contributed by atoms with van der Waals surface area (Å²) in [7, 11) is 1.54. The molecule has 0 radical (unpaired) electrons. The third-order valence-electron chi connectivity index (χ3n) is 3.93. The molecule has 0 aliphatic rings. The molecule has 0 bridgehead atoms. The van der Waals surface area contributed by atoms with Gasteiger partial charge in [-0.2, -0.15) is 0 Å². The zero-order valence-electron chi connectivity index (χ0n) is 15.1. The second-order valence-electron chi connectivity index (χ2n) is 6.10. The lowest BCUT2D eigenvalue weighted by atomic mass is 10.0. The number of para-hydroxylation sites is 2. The first-order valence-corrected chi connectivity index (χ1v) is 8.23. The van der Waals surface area contributed by atoms with Gasteiger partial charge in [0.1, 0.15) is 12.3 Å². The highest BCUT2D eigenvalue weighted by Crippen LogP contribution is 2.24. The van der Waals surface area contributed by atoms with Gasteiger partial charge in [0.05, 0.1) is 12.8 Å². The van der Waals surface area contributed by atoms with Crippen molar-refractivity contribution in [1.29, 1.82) is 0 Å². The van der Waals surface area contributed by atoms with E-state index in [0.29, 0.717) is 23.0 Å². The Balaban J connectivity index is 2.13. The topological polar surface area (TPSA) is 58.6 Å². The number of hydrogen-bond acceptors (Lipinski definition) is 3. The van der Waals surface area contributed by atoms with Crippen LogP contribution >= 0.6 is 0 Å². The van der Waals surface area contributed by atoms with Crippen LogP contribution in [0, 0.1) is 0 Å². The number of carbonyl (C=O) groups is 2. The van der Waals surface area contributed by atoms with Crippen LogP contribution in [0.15, 0.2) is 48.5 Å². The molecule has 0 saturated heterocycles. The number of anilines is 2. The largest absolute Gasteiger partial charge is 0.495 e. The third-order valence-corrected chi connectivity index (χ3v) is 3.93. The minimum absolute atomic E-state index is 0.0611. The molecule has 0 fully saturated rings. The fourth-order valence-electron chi connectivity index (χ4n) is 2.50. The second kappa shape index (κ2) is 8.33. The Morgan fingerprint density at radius 2 is 1.72 bits per heavy atom. The lowest BCUT2D eigenvalue weighted by Crippen LogP contribution is -2.36. The van der Waals surface area contributed by atoms with Crippen LogP contribution in [-0.2, 0) is 9.59 Å². The highest BCUT2D eigenvalue weighted by Gasteiger charge is 2.17. The Morgan fingerprint density at radius 1 is 1.08 bits per heavy atom. The molecule has 0 heterocycles. The fraction of sp³-hybridized carbons (Fsp3) is 0.300. The Morgan fingerprint density at radius 3 is 2.28 bits per heavy atom. The van der Waals surface area contributed by atoms with Gasteiger partial charge in [0.25, 0.3) is 0 Å². The number of methoxy groups -OCH3 is 1. The van der Waals surface area contributed by atoms with Crippen molar-refractivity contribution >= 4 is 23.2 Å². The van der Waals surface area contributed by atoms with Crippen molar-refractivity contribution in [3.63, 3.8) is 0 Å². The van der Waals surface area contributed by atoms with Crippen LogP contribution in [-0.4, -0.2) is 25.5 Å². The molecule has 0 aromatic heterocycles. The summed E-state index contributed by atoms with van der Waals surface area (Å²) in [5.74, 6) is 0.514. The van der Waals surface area contributed by atoms with Gasteiger partial charge in [0.15, 0.2) is 0 Å². The van der Waals surface area contributed by atoms with Crippen molar-refractivity contribution in [3.8, 4) is 5.75 Å². The lowest BCUT2D eigenvalue weighted by Gasteiger charge is -2.21. The van der Waals surface area contributed by atoms with Gasteiger partial charge in [0, 0.05) is 12.6 Å². The Hall–Kier alpha value is -2.82. The molecule has 0 aliphatic carbocycles. The van der Waals surface area contributed by atoms with E-state index in [1.165, 1.54) is 17.4 Å². The maximum atomic E-state index is 12.4. The smallest absolute Gasteiger partial charge is 0.244 e. The first-order valence-electron chi connectivity index (χ1n) is 8.23. The van der Waals surface area contributed by atoms with E-state index in [9.17, 15) is 9.59 Å². The molecule has 5 heteroatoms. The van der Waals surface area contributed by atoms with Gasteiger partial charge in [0.2, 0.25) is 11.8 Å². The van der Waals surface area contributed by atoms with E-state index >= 15 is 0 Å². The molecule has 0 aliphatic heterocycles. The summed E-state index contributed by atoms with van der Waals surface area (Å²) < 4.78 is 5.22. The molecule has 5 nitrogen and oxygen atoms in total. The zero-order chi connectivity index (χ0) is 18.4. The molecule has 0 spiro atoms. The number of hydrogen-bond donors (Lipinski definition) is 1. The summed E-state index contributed by atoms with van der Waals surface area (Å²) in [5.41, 5.74) is 2.46. The van der Waals surface area contributed by atoms with E-state index in [2.05, 4.69) is 19.2 Å². The number of ether oxygens (including phenoxy) is 1. The van der Waals surface area contributed by atoms with Crippen LogP contribution in [0.4, 0.5) is 11.4 Å². The highest BCUT2D eigenvalue weighted by molar-refractivity contribution is 6.02. The van der Waals surface area contributed by atoms with Crippen molar-refractivity contribution < 1.29 is 14.3 Å². The minimum Gasteiger partial charge on any atom is -0.495 e. The number of carbonyl (C=O) groups excluding carboxylic acids is 2. The Kier molecular flexibility index (Phi) is 6.17. The minimum atomic E-state index is -0.285. The van der Waals surface area contributed by atoms with Gasteiger partial charge in [-0.15, -0.1) is 0 Å². The quantitative estimate of drug-likeness (QED) is 0.870. The van der Waals surface area contributed by atoms with Crippen LogP contribution < -0.4 is 15.0 Å². The Bertz CT molecular complexity index is 739. The van der Waals surface area contributed by atoms with Crippen molar-refractivity contribution in [1.82, 2.24) is 0 Å². The van der Waals surface area contributed by atoms with Gasteiger partial charge >= 0.3 is 0 Å². The van der Waals surface area contributed by atoms with E-state index in [4.69, 9.17) is 4.74 Å². The summed E-state index contributed by atoms with van der Waals surface area (Å²) in [6, 6.07) is 14.9. The number of amides is 2. The van der Waals surface area contributed by atoms with Crippen LogP contribution in [0.1, 0.15) is 32.3 Å². The molecule has 2 aromatic rings. The molecule has 2 aromatic carbocycles. The van der Waals surface area contributed by atoms with Crippen molar-refractivity contribution in [2.24, 2.45) is 0 Å². The average Bonchev–Trinajstić information content (AvgIpc) is 2.60. The van der Waals surface area contributed by atoms with Crippen LogP contribution in [0.3, 0.4) is 0 Å². The maximum Gasteiger partial charge on any atom is 0.244 e. The van der Waals surface area contributed by atoms with Crippen LogP contribution in [0.25, 0.3) is 0 Å². The summed E-state index contributed by atoms with van der Waals surface area (Å²) in [5, 5.41) is 2.79. The van der Waals surface area contributed by atoms with Gasteiger partial charge in [-0.1, -0.05) is 38.1 Å². The van der Waals surface area contributed by atoms with Gasteiger partial charge in [-0.25, -0.2) is 0 Å². The first kappa shape index (κ1) is 18.5. The van der Waals surface area contributed by atoms with E-state index in [1.807, 2.05) is 36.4 Å². The summed E-state index contributed by atoms with van der Waals surface area (Å²) in [6.45, 7) is 5.61. The van der Waals surface area contributed by atoms with E-state index in [1.54, 1.807) is 19.2 Å². The normalized spacial score (nSPS) is 10.4. The van der Waals surface area contributed by atoms with Crippen LogP contribution in [0.5, 0.6) is 5.75 Å². The predicted octanol–water partition coefficient (Wildman–Crippen LogP) is 3.81. The molecule has 0 atom stereocenters. The van der Waals surface area contributed by atoms with Crippen molar-refractivity contribution in [2.45, 2.75) is 26.7 Å². The molecular formula is C20H24N2O3. The molecule has 1 N–H and O–H groups in total. The predicted molar refractivity (Wildman–Crippen MR) is 100 cm³/mol. The third kappa shape index (κ3) is 4.83. The summed E-state index contributed by atoms with van der Waals surface area (Å²) >= 11 is 0. The van der Waals surface area contributed by atoms with E-state index in [0.717, 1.165) is 0 Å². The number of nitrogens with zero attached hydrogens (tertiary/aromatic N) is 1. The first-order chi connectivity index (χ1) is 11.9. The Labute approximate surface area is 148 Å². The zero-order valence-corrected chi connectivity index (χ0v) is 15.1. The standard InChI is InChI=1S/C20H24N2O3/c1-14(2)16-9-11-17(12-10-16)22(15(3)23)13-20(24)21-18-7-5-6-8-19(18)25-4/h5-12,14H,13H2,1-4H3,(H,21,24). The van der Waals surface area contributed by atoms with E-state index in [-0.39, 0.29) is 18.4 Å². The number of rotatable bonds is 6. The molecule has 2 amide bonds. The number of benzene rings is 2. The molecule has 132 valence electrons. The summed E-state index contributed by atoms with van der Waals surface area (Å²) in [4.78, 5) is 25.8. The number of nitrogens with one attached hydrogen (secondary N) is 1. The summed E-state index contributed by atoms with van der Waals surface area (Å²) in [6.07, 6.45) is 0. The molecule has 0 unspecified atom stereocenters. The van der Waals surface area contributed by atoms with Crippen molar-refractivity contribution in [3.05, 3.63) is 54.1 Å². The molecular weight excluding hydrogens is 316 g/mol. The average molecular weight is 340 g/mol. The second-order valence-corrected chi connectivity index (χ2v) is 6.10. The van der Waals surface area contributed by atoms with Gasteiger partial charge < -0.3 is 15.0 Å². The maximum absolute atomic E-state index is 12.4. The molecule has 25 heavy (non-hydrogen) atoms.